The van der Waals surface area contributed by atoms with E-state index < -0.39 is 18.5 Å². The Balaban J connectivity index is 0.000000162. The summed E-state index contributed by atoms with van der Waals surface area (Å²) in [7, 11) is 0. The number of primary amides is 1. The fourth-order valence-corrected chi connectivity index (χ4v) is 7.64. The zero-order valence-electron chi connectivity index (χ0n) is 34.2. The third kappa shape index (κ3) is 9.25. The quantitative estimate of drug-likeness (QED) is 0.179. The van der Waals surface area contributed by atoms with Crippen LogP contribution in [0.25, 0.3) is 22.5 Å². The molecule has 18 nitrogen and oxygen atoms in total. The molecular weight excluding hydrogens is 831 g/mol. The number of amides is 1. The third-order valence-corrected chi connectivity index (χ3v) is 10.6. The van der Waals surface area contributed by atoms with E-state index in [1.165, 1.54) is 0 Å². The highest BCUT2D eigenvalue weighted by Gasteiger charge is 2.26. The molecule has 18 heteroatoms. The highest BCUT2D eigenvalue weighted by Crippen LogP contribution is 2.35. The zero-order valence-corrected chi connectivity index (χ0v) is 34.2. The first-order chi connectivity index (χ1) is 31.1. The number of carbonyl (C=O) groups is 2. The van der Waals surface area contributed by atoms with E-state index >= 15 is 0 Å². The van der Waals surface area contributed by atoms with Gasteiger partial charge in [-0.2, -0.15) is 9.97 Å². The van der Waals surface area contributed by atoms with E-state index in [1.807, 2.05) is 66.7 Å². The van der Waals surface area contributed by atoms with Gasteiger partial charge < -0.3 is 48.7 Å². The van der Waals surface area contributed by atoms with Gasteiger partial charge in [-0.05, 0) is 84.6 Å². The van der Waals surface area contributed by atoms with Gasteiger partial charge in [0.05, 0.1) is 11.4 Å². The molecule has 4 aliphatic rings. The van der Waals surface area contributed by atoms with Gasteiger partial charge in [0.1, 0.15) is 37.9 Å². The van der Waals surface area contributed by atoms with Gasteiger partial charge in [-0.3, -0.25) is 13.9 Å². The lowest BCUT2D eigenvalue weighted by Crippen LogP contribution is -2.35. The van der Waals surface area contributed by atoms with E-state index in [2.05, 4.69) is 9.97 Å². The molecule has 0 aliphatic carbocycles. The highest BCUT2D eigenvalue weighted by molar-refractivity contribution is 5.75. The maximum atomic E-state index is 12.6. The lowest BCUT2D eigenvalue weighted by atomic mass is 9.97. The summed E-state index contributed by atoms with van der Waals surface area (Å²) in [5, 5.41) is 8.80. The number of carboxylic acids is 1. The second-order valence-electron chi connectivity index (χ2n) is 15.0. The predicted molar refractivity (Wildman–Crippen MR) is 227 cm³/mol. The largest absolute Gasteiger partial charge is 0.486 e. The minimum atomic E-state index is -1.04. The Morgan fingerprint density at radius 2 is 1.08 bits per heavy atom. The number of para-hydroxylation sites is 4. The lowest BCUT2D eigenvalue weighted by Gasteiger charge is -2.26. The number of carboxylic acid groups (broad SMARTS) is 1. The summed E-state index contributed by atoms with van der Waals surface area (Å²) < 4.78 is 48.7. The number of hydrogen-bond acceptors (Lipinski definition) is 14. The summed E-state index contributed by atoms with van der Waals surface area (Å²) >= 11 is 0. The number of hydrogen-bond donors (Lipinski definition) is 2. The van der Waals surface area contributed by atoms with E-state index in [4.69, 9.17) is 48.7 Å². The van der Waals surface area contributed by atoms with Crippen LogP contribution < -0.4 is 55.0 Å². The molecule has 10 rings (SSSR count). The maximum absolute atomic E-state index is 12.6. The van der Waals surface area contributed by atoms with Gasteiger partial charge in [0.25, 0.3) is 5.91 Å². The van der Waals surface area contributed by atoms with Gasteiger partial charge in [-0.1, -0.05) is 24.3 Å². The van der Waals surface area contributed by atoms with Crippen LogP contribution in [0.15, 0.2) is 107 Å². The molecule has 0 bridgehead atoms. The molecule has 2 aromatic heterocycles. The molecule has 4 aliphatic heterocycles. The smallest absolute Gasteiger partial charge is 0.351 e. The Bertz CT molecular complexity index is 2670. The minimum Gasteiger partial charge on any atom is -0.486 e. The molecule has 328 valence electrons. The Hall–Kier alpha value is -8.02. The Morgan fingerprint density at radius 1 is 0.625 bits per heavy atom. The molecule has 2 unspecified atom stereocenters. The molecule has 3 N–H and O–H groups in total. The van der Waals surface area contributed by atoms with Crippen LogP contribution in [0.5, 0.6) is 46.3 Å². The van der Waals surface area contributed by atoms with E-state index in [9.17, 15) is 19.2 Å². The second kappa shape index (κ2) is 18.1. The number of nitrogens with two attached hydrogens (primary N) is 1. The molecule has 0 spiro atoms. The van der Waals surface area contributed by atoms with Gasteiger partial charge in [0.2, 0.25) is 11.8 Å². The molecule has 0 radical (unpaired) electrons. The van der Waals surface area contributed by atoms with Crippen molar-refractivity contribution in [2.24, 2.45) is 5.73 Å². The van der Waals surface area contributed by atoms with Crippen LogP contribution in [0, 0.1) is 0 Å². The van der Waals surface area contributed by atoms with E-state index in [1.54, 1.807) is 39.5 Å². The van der Waals surface area contributed by atoms with Crippen LogP contribution in [0.3, 0.4) is 0 Å². The highest BCUT2D eigenvalue weighted by atomic mass is 16.6. The second-order valence-corrected chi connectivity index (χ2v) is 15.0. The summed E-state index contributed by atoms with van der Waals surface area (Å²) in [6.45, 7) is 1.41. The summed E-state index contributed by atoms with van der Waals surface area (Å²) in [5.74, 6) is 2.59. The zero-order chi connectivity index (χ0) is 44.2. The molecule has 0 saturated heterocycles. The van der Waals surface area contributed by atoms with Crippen molar-refractivity contribution in [3.63, 3.8) is 0 Å². The molecule has 0 saturated carbocycles. The number of carbonyl (C=O) groups excluding carboxylic acids is 1. The first kappa shape index (κ1) is 41.3. The number of aromatic nitrogens is 4. The standard InChI is InChI=1S/C23H21N3O6.C23H20N2O7/c24-21(27)13-29-15-5-6-17-14(9-15)7-8-26-18(17)10-22(25-23(26)28)31-12-16-11-30-19-3-1-2-4-20(19)32-16;26-22(27)13-29-15-5-6-17-14(9-15)7-8-25-18(17)10-21(24-23(25)28)31-12-16-11-30-19-3-1-2-4-20(19)32-16/h1-6,9-10,16H,7-8,11-13H2,(H2,24,27);1-6,9-10,16H,7-8,11-13H2,(H,26,27). The van der Waals surface area contributed by atoms with Crippen LogP contribution in [0.1, 0.15) is 11.1 Å². The number of nitrogens with zero attached hydrogens (tertiary/aromatic N) is 4. The molecule has 6 aromatic rings. The van der Waals surface area contributed by atoms with Gasteiger partial charge in [0.15, 0.2) is 48.4 Å². The average molecular weight is 872 g/mol. The van der Waals surface area contributed by atoms with Crippen LogP contribution >= 0.6 is 0 Å². The first-order valence-corrected chi connectivity index (χ1v) is 20.4. The number of fused-ring (bicyclic) bond motifs is 8. The van der Waals surface area contributed by atoms with Crippen LogP contribution in [-0.4, -0.2) is 87.9 Å². The summed E-state index contributed by atoms with van der Waals surface area (Å²) in [4.78, 5) is 55.0. The average Bonchev–Trinajstić information content (AvgIpc) is 3.31. The predicted octanol–water partition coefficient (Wildman–Crippen LogP) is 3.70. The van der Waals surface area contributed by atoms with Crippen molar-refractivity contribution in [1.82, 2.24) is 19.1 Å². The van der Waals surface area contributed by atoms with Crippen LogP contribution in [0.2, 0.25) is 0 Å². The SMILES string of the molecule is NC(=O)COc1ccc2c(c1)CCn1c-2cc(OCC2COc3ccccc3O2)nc1=O.O=C(O)COc1ccc2c(c1)CCn1c-2cc(OCC2COc3ccccc3O2)nc1=O. The fraction of sp³-hybridized carbons (Fsp3) is 0.261. The number of rotatable bonds is 12. The van der Waals surface area contributed by atoms with Gasteiger partial charge in [0, 0.05) is 36.3 Å². The number of aliphatic carboxylic acids is 1. The number of aryl methyl sites for hydroxylation is 2. The summed E-state index contributed by atoms with van der Waals surface area (Å²) in [6, 6.07) is 29.1. The van der Waals surface area contributed by atoms with Crippen molar-refractivity contribution < 1.29 is 52.6 Å². The number of benzene rings is 4. The molecule has 1 amide bonds. The van der Waals surface area contributed by atoms with Crippen molar-refractivity contribution in [1.29, 1.82) is 0 Å². The molecule has 4 aromatic carbocycles. The summed E-state index contributed by atoms with van der Waals surface area (Å²) in [5.41, 5.74) is 9.50. The molecule has 0 fully saturated rings. The summed E-state index contributed by atoms with van der Waals surface area (Å²) in [6.07, 6.45) is 0.612. The van der Waals surface area contributed by atoms with Crippen molar-refractivity contribution in [3.05, 3.63) is 129 Å². The molecule has 6 heterocycles. The number of ether oxygens (including phenoxy) is 8. The van der Waals surface area contributed by atoms with E-state index in [0.717, 1.165) is 22.3 Å². The van der Waals surface area contributed by atoms with Crippen LogP contribution in [0.4, 0.5) is 0 Å². The Morgan fingerprint density at radius 3 is 1.53 bits per heavy atom. The van der Waals surface area contributed by atoms with Gasteiger partial charge in [-0.15, -0.1) is 0 Å². The molecular formula is C46H41N5O13. The monoisotopic (exact) mass is 871 g/mol. The van der Waals surface area contributed by atoms with Gasteiger partial charge in [-0.25, -0.2) is 14.4 Å². The maximum Gasteiger partial charge on any atom is 0.351 e. The third-order valence-electron chi connectivity index (χ3n) is 10.6. The fourth-order valence-electron chi connectivity index (χ4n) is 7.64. The van der Waals surface area contributed by atoms with Crippen LogP contribution in [-0.2, 0) is 35.5 Å². The van der Waals surface area contributed by atoms with Gasteiger partial charge >= 0.3 is 17.3 Å². The van der Waals surface area contributed by atoms with E-state index in [-0.39, 0.29) is 55.2 Å². The first-order valence-electron chi connectivity index (χ1n) is 20.4. The Kier molecular flexibility index (Phi) is 11.7. The van der Waals surface area contributed by atoms with Crippen molar-refractivity contribution in [2.75, 3.05) is 39.6 Å². The van der Waals surface area contributed by atoms with E-state index in [0.29, 0.717) is 85.0 Å². The molecule has 64 heavy (non-hydrogen) atoms. The normalized spacial score (nSPS) is 15.9. The minimum absolute atomic E-state index is 0.180. The van der Waals surface area contributed by atoms with Crippen molar-refractivity contribution in [2.45, 2.75) is 38.1 Å². The van der Waals surface area contributed by atoms with Crippen molar-refractivity contribution in [3.8, 4) is 68.8 Å². The lowest BCUT2D eigenvalue weighted by molar-refractivity contribution is -0.139. The topological polar surface area (TPSA) is 224 Å². The molecule has 2 atom stereocenters. The van der Waals surface area contributed by atoms with Crippen molar-refractivity contribution >= 4 is 11.9 Å². The Labute approximate surface area is 364 Å².